The molecule has 1 saturated heterocycles. The number of benzene rings is 2. The van der Waals surface area contributed by atoms with E-state index in [1.54, 1.807) is 24.4 Å². The number of likely N-dealkylation sites (tertiary alicyclic amines) is 1. The maximum absolute atomic E-state index is 13.7. The van der Waals surface area contributed by atoms with E-state index in [9.17, 15) is 12.8 Å². The number of hydrogen-bond acceptors (Lipinski definition) is 6. The molecule has 0 spiro atoms. The lowest BCUT2D eigenvalue weighted by molar-refractivity contribution is 0.174. The standard InChI is InChI=1S/C24H24FN3O4S/c25-18-4-7-22(8-5-18)33(29,30)28(21-6-9-23-24(15-21)32-17-31-23)20-10-13-27(14-11-20)16-19-3-1-2-12-26-19/h1-9,12,15,20H,10-11,13-14,16-17H2. The Hall–Kier alpha value is -3.17. The quantitative estimate of drug-likeness (QED) is 0.547. The van der Waals surface area contributed by atoms with Gasteiger partial charge in [0.15, 0.2) is 11.5 Å². The van der Waals surface area contributed by atoms with Crippen molar-refractivity contribution in [1.82, 2.24) is 9.88 Å². The lowest BCUT2D eigenvalue weighted by Crippen LogP contribution is -2.47. The predicted molar refractivity (Wildman–Crippen MR) is 121 cm³/mol. The third-order valence-electron chi connectivity index (χ3n) is 5.98. The summed E-state index contributed by atoms with van der Waals surface area (Å²) < 4.78 is 53.3. The van der Waals surface area contributed by atoms with Crippen LogP contribution >= 0.6 is 0 Å². The molecular weight excluding hydrogens is 445 g/mol. The Labute approximate surface area is 192 Å². The first-order valence-electron chi connectivity index (χ1n) is 10.8. The van der Waals surface area contributed by atoms with Crippen molar-refractivity contribution in [3.8, 4) is 11.5 Å². The van der Waals surface area contributed by atoms with Crippen LogP contribution in [0.2, 0.25) is 0 Å². The van der Waals surface area contributed by atoms with Crippen LogP contribution in [0.3, 0.4) is 0 Å². The van der Waals surface area contributed by atoms with Gasteiger partial charge in [0.1, 0.15) is 5.82 Å². The van der Waals surface area contributed by atoms with Crippen molar-refractivity contribution in [2.24, 2.45) is 0 Å². The Balaban J connectivity index is 1.43. The molecule has 0 bridgehead atoms. The number of anilines is 1. The maximum atomic E-state index is 13.7. The molecule has 0 aliphatic carbocycles. The molecule has 0 unspecified atom stereocenters. The van der Waals surface area contributed by atoms with Crippen LogP contribution in [-0.4, -0.2) is 44.2 Å². The van der Waals surface area contributed by atoms with E-state index in [-0.39, 0.29) is 17.7 Å². The Kier molecular flexibility index (Phi) is 5.90. The normalized spacial score (nSPS) is 16.6. The van der Waals surface area contributed by atoms with Crippen LogP contribution in [0.4, 0.5) is 10.1 Å². The minimum absolute atomic E-state index is 0.0532. The average molecular weight is 470 g/mol. The summed E-state index contributed by atoms with van der Waals surface area (Å²) in [5, 5.41) is 0. The van der Waals surface area contributed by atoms with E-state index in [1.807, 2.05) is 18.2 Å². The molecule has 172 valence electrons. The molecule has 2 aliphatic heterocycles. The van der Waals surface area contributed by atoms with Crippen LogP contribution in [0.1, 0.15) is 18.5 Å². The van der Waals surface area contributed by atoms with Crippen LogP contribution in [0.25, 0.3) is 0 Å². The molecule has 3 heterocycles. The first-order chi connectivity index (χ1) is 16.0. The van der Waals surface area contributed by atoms with Crippen molar-refractivity contribution in [3.05, 3.63) is 78.4 Å². The summed E-state index contributed by atoms with van der Waals surface area (Å²) in [5.74, 6) is 0.619. The zero-order chi connectivity index (χ0) is 22.8. The van der Waals surface area contributed by atoms with Gasteiger partial charge in [-0.15, -0.1) is 0 Å². The molecule has 9 heteroatoms. The van der Waals surface area contributed by atoms with E-state index in [0.29, 0.717) is 30.0 Å². The SMILES string of the molecule is O=S(=O)(c1ccc(F)cc1)N(c1ccc2c(c1)OCO2)C1CCN(Cc2ccccn2)CC1. The van der Waals surface area contributed by atoms with E-state index >= 15 is 0 Å². The monoisotopic (exact) mass is 469 g/mol. The molecule has 7 nitrogen and oxygen atoms in total. The predicted octanol–water partition coefficient (Wildman–Crippen LogP) is 3.81. The van der Waals surface area contributed by atoms with Gasteiger partial charge in [-0.05, 0) is 61.4 Å². The van der Waals surface area contributed by atoms with Gasteiger partial charge in [0.2, 0.25) is 6.79 Å². The fraction of sp³-hybridized carbons (Fsp3) is 0.292. The second-order valence-corrected chi connectivity index (χ2v) is 9.94. The number of hydrogen-bond donors (Lipinski definition) is 0. The molecule has 1 aromatic heterocycles. The summed E-state index contributed by atoms with van der Waals surface area (Å²) in [6.45, 7) is 2.31. The highest BCUT2D eigenvalue weighted by Crippen LogP contribution is 2.39. The van der Waals surface area contributed by atoms with Crippen molar-refractivity contribution in [2.45, 2.75) is 30.3 Å². The highest BCUT2D eigenvalue weighted by atomic mass is 32.2. The molecule has 33 heavy (non-hydrogen) atoms. The lowest BCUT2D eigenvalue weighted by Gasteiger charge is -2.39. The van der Waals surface area contributed by atoms with Crippen LogP contribution in [0.15, 0.2) is 71.8 Å². The summed E-state index contributed by atoms with van der Waals surface area (Å²) in [7, 11) is -3.92. The van der Waals surface area contributed by atoms with Gasteiger partial charge in [-0.1, -0.05) is 6.07 Å². The third kappa shape index (κ3) is 4.51. The van der Waals surface area contributed by atoms with Crippen molar-refractivity contribution in [1.29, 1.82) is 0 Å². The highest BCUT2D eigenvalue weighted by molar-refractivity contribution is 7.92. The van der Waals surface area contributed by atoms with E-state index in [1.165, 1.54) is 28.6 Å². The molecule has 0 radical (unpaired) electrons. The molecule has 3 aromatic rings. The fourth-order valence-electron chi connectivity index (χ4n) is 4.32. The summed E-state index contributed by atoms with van der Waals surface area (Å²) in [4.78, 5) is 6.72. The molecule has 5 rings (SSSR count). The summed E-state index contributed by atoms with van der Waals surface area (Å²) in [5.41, 5.74) is 1.49. The van der Waals surface area contributed by atoms with Gasteiger partial charge in [0.25, 0.3) is 10.0 Å². The Bertz CT molecular complexity index is 1210. The van der Waals surface area contributed by atoms with E-state index in [2.05, 4.69) is 9.88 Å². The number of aromatic nitrogens is 1. The summed E-state index contributed by atoms with van der Waals surface area (Å²) >= 11 is 0. The lowest BCUT2D eigenvalue weighted by atomic mass is 10.0. The van der Waals surface area contributed by atoms with Crippen molar-refractivity contribution < 1.29 is 22.3 Å². The number of nitrogens with zero attached hydrogens (tertiary/aromatic N) is 3. The van der Waals surface area contributed by atoms with Crippen LogP contribution in [-0.2, 0) is 16.6 Å². The zero-order valence-electron chi connectivity index (χ0n) is 17.9. The molecule has 0 N–H and O–H groups in total. The van der Waals surface area contributed by atoms with Crippen LogP contribution < -0.4 is 13.8 Å². The maximum Gasteiger partial charge on any atom is 0.264 e. The molecule has 2 aromatic carbocycles. The fourth-order valence-corrected chi connectivity index (χ4v) is 6.02. The largest absolute Gasteiger partial charge is 0.454 e. The van der Waals surface area contributed by atoms with E-state index < -0.39 is 15.8 Å². The molecule has 1 fully saturated rings. The van der Waals surface area contributed by atoms with E-state index in [0.717, 1.165) is 25.3 Å². The van der Waals surface area contributed by atoms with Crippen LogP contribution in [0, 0.1) is 5.82 Å². The second-order valence-electron chi connectivity index (χ2n) is 8.12. The van der Waals surface area contributed by atoms with E-state index in [4.69, 9.17) is 9.47 Å². The number of rotatable bonds is 6. The number of ether oxygens (including phenoxy) is 2. The number of pyridine rings is 1. The van der Waals surface area contributed by atoms with Crippen LogP contribution in [0.5, 0.6) is 11.5 Å². The first-order valence-corrected chi connectivity index (χ1v) is 12.3. The van der Waals surface area contributed by atoms with Gasteiger partial charge in [0.05, 0.1) is 16.3 Å². The smallest absolute Gasteiger partial charge is 0.264 e. The molecule has 0 atom stereocenters. The van der Waals surface area contributed by atoms with Crippen molar-refractivity contribution in [2.75, 3.05) is 24.2 Å². The molecule has 0 saturated carbocycles. The van der Waals surface area contributed by atoms with Crippen molar-refractivity contribution >= 4 is 15.7 Å². The van der Waals surface area contributed by atoms with Gasteiger partial charge >= 0.3 is 0 Å². The molecule has 2 aliphatic rings. The van der Waals surface area contributed by atoms with Gasteiger partial charge in [0, 0.05) is 37.9 Å². The summed E-state index contributed by atoms with van der Waals surface area (Å²) in [6, 6.07) is 15.7. The van der Waals surface area contributed by atoms with Crippen molar-refractivity contribution in [3.63, 3.8) is 0 Å². The first kappa shape index (κ1) is 21.7. The number of halogens is 1. The molecule has 0 amide bonds. The van der Waals surface area contributed by atoms with Gasteiger partial charge in [-0.25, -0.2) is 12.8 Å². The highest BCUT2D eigenvalue weighted by Gasteiger charge is 2.35. The minimum Gasteiger partial charge on any atom is -0.454 e. The average Bonchev–Trinajstić information content (AvgIpc) is 3.29. The second kappa shape index (κ2) is 8.99. The Morgan fingerprint density at radius 1 is 1.00 bits per heavy atom. The summed E-state index contributed by atoms with van der Waals surface area (Å²) in [6.07, 6.45) is 3.09. The topological polar surface area (TPSA) is 72.0 Å². The Morgan fingerprint density at radius 2 is 1.76 bits per heavy atom. The zero-order valence-corrected chi connectivity index (χ0v) is 18.7. The number of sulfonamides is 1. The van der Waals surface area contributed by atoms with Gasteiger partial charge < -0.3 is 9.47 Å². The van der Waals surface area contributed by atoms with Gasteiger partial charge in [-0.2, -0.15) is 0 Å². The molecular formula is C24H24FN3O4S. The number of piperidine rings is 1. The minimum atomic E-state index is -3.92. The van der Waals surface area contributed by atoms with Gasteiger partial charge in [-0.3, -0.25) is 14.2 Å². The third-order valence-corrected chi connectivity index (χ3v) is 7.88. The Morgan fingerprint density at radius 3 is 2.48 bits per heavy atom. The number of fused-ring (bicyclic) bond motifs is 1.